The fourth-order valence-corrected chi connectivity index (χ4v) is 4.56. The molecule has 2 aromatic rings. The van der Waals surface area contributed by atoms with E-state index in [1.807, 2.05) is 36.4 Å². The first kappa shape index (κ1) is 22.8. The van der Waals surface area contributed by atoms with Gasteiger partial charge in [0.2, 0.25) is 5.91 Å². The quantitative estimate of drug-likeness (QED) is 0.595. The van der Waals surface area contributed by atoms with Crippen molar-refractivity contribution in [2.24, 2.45) is 5.92 Å². The zero-order chi connectivity index (χ0) is 23.5. The highest BCUT2D eigenvalue weighted by Gasteiger charge is 2.37. The summed E-state index contributed by atoms with van der Waals surface area (Å²) in [5.41, 5.74) is 4.47. The van der Waals surface area contributed by atoms with Gasteiger partial charge in [-0.3, -0.25) is 4.79 Å². The third kappa shape index (κ3) is 4.71. The van der Waals surface area contributed by atoms with Gasteiger partial charge in [0.25, 0.3) is 0 Å². The van der Waals surface area contributed by atoms with Crippen molar-refractivity contribution < 1.29 is 29.0 Å². The summed E-state index contributed by atoms with van der Waals surface area (Å²) in [5, 5.41) is 14.6. The van der Waals surface area contributed by atoms with Crippen LogP contribution in [0.2, 0.25) is 0 Å². The summed E-state index contributed by atoms with van der Waals surface area (Å²) in [6.07, 6.45) is -1.38. The molecule has 0 bridgehead atoms. The van der Waals surface area contributed by atoms with Crippen molar-refractivity contribution in [2.75, 3.05) is 13.2 Å². The molecule has 0 spiro atoms. The minimum atomic E-state index is -1.12. The number of nitrogens with one attached hydrogen (secondary N) is 2. The van der Waals surface area contributed by atoms with E-state index >= 15 is 0 Å². The molecule has 2 aliphatic rings. The Morgan fingerprint density at radius 2 is 1.67 bits per heavy atom. The van der Waals surface area contributed by atoms with Crippen molar-refractivity contribution in [1.29, 1.82) is 0 Å². The predicted octanol–water partition coefficient (Wildman–Crippen LogP) is 2.91. The van der Waals surface area contributed by atoms with Crippen molar-refractivity contribution in [3.05, 3.63) is 59.7 Å². The molecule has 0 saturated carbocycles. The highest BCUT2D eigenvalue weighted by Crippen LogP contribution is 2.44. The molecule has 174 valence electrons. The molecule has 33 heavy (non-hydrogen) atoms. The van der Waals surface area contributed by atoms with E-state index < -0.39 is 36.2 Å². The number of hydrogen-bond acceptors (Lipinski definition) is 5. The standard InChI is InChI=1S/C25H28N2O6/c1-14(2)21(23(28)26-20-11-12-32-22(20)24(29)30)27-25(31)33-13-19-17-9-5-3-7-15(17)16-8-4-6-10-18(16)19/h3-10,14,19-22H,11-13H2,1-2H3,(H,26,28)(H,27,31)(H,29,30)/t20?,21-,22?/m1/s1. The van der Waals surface area contributed by atoms with E-state index in [0.717, 1.165) is 22.3 Å². The van der Waals surface area contributed by atoms with Crippen LogP contribution in [0, 0.1) is 5.92 Å². The number of carboxylic acids is 1. The lowest BCUT2D eigenvalue weighted by Crippen LogP contribution is -2.54. The number of fused-ring (bicyclic) bond motifs is 3. The molecule has 4 rings (SSSR count). The molecule has 3 atom stereocenters. The predicted molar refractivity (Wildman–Crippen MR) is 121 cm³/mol. The number of benzene rings is 2. The van der Waals surface area contributed by atoms with E-state index in [1.54, 1.807) is 13.8 Å². The van der Waals surface area contributed by atoms with Gasteiger partial charge in [0.1, 0.15) is 12.6 Å². The van der Waals surface area contributed by atoms with Crippen molar-refractivity contribution in [3.8, 4) is 11.1 Å². The van der Waals surface area contributed by atoms with Gasteiger partial charge in [-0.15, -0.1) is 0 Å². The highest BCUT2D eigenvalue weighted by molar-refractivity contribution is 5.87. The van der Waals surface area contributed by atoms with Crippen LogP contribution < -0.4 is 10.6 Å². The number of carbonyl (C=O) groups is 3. The third-order valence-corrected chi connectivity index (χ3v) is 6.23. The van der Waals surface area contributed by atoms with Gasteiger partial charge in [0.15, 0.2) is 6.10 Å². The first-order chi connectivity index (χ1) is 15.9. The Hall–Kier alpha value is -3.39. The number of hydrogen-bond donors (Lipinski definition) is 3. The van der Waals surface area contributed by atoms with Crippen LogP contribution in [0.15, 0.2) is 48.5 Å². The van der Waals surface area contributed by atoms with Crippen LogP contribution in [-0.2, 0) is 19.1 Å². The Kier molecular flexibility index (Phi) is 6.65. The molecule has 8 heteroatoms. The van der Waals surface area contributed by atoms with E-state index in [1.165, 1.54) is 0 Å². The number of alkyl carbamates (subject to hydrolysis) is 1. The average molecular weight is 453 g/mol. The SMILES string of the molecule is CC(C)[C@@H](NC(=O)OCC1c2ccccc2-c2ccccc21)C(=O)NC1CCOC1C(=O)O. The Morgan fingerprint density at radius 1 is 1.06 bits per heavy atom. The lowest BCUT2D eigenvalue weighted by Gasteiger charge is -2.25. The molecule has 3 N–H and O–H groups in total. The molecule has 2 aromatic carbocycles. The maximum atomic E-state index is 12.8. The summed E-state index contributed by atoms with van der Waals surface area (Å²) >= 11 is 0. The van der Waals surface area contributed by atoms with E-state index in [4.69, 9.17) is 9.47 Å². The molecular weight excluding hydrogens is 424 g/mol. The molecule has 2 amide bonds. The van der Waals surface area contributed by atoms with Crippen molar-refractivity contribution >= 4 is 18.0 Å². The van der Waals surface area contributed by atoms with Crippen LogP contribution in [0.5, 0.6) is 0 Å². The van der Waals surface area contributed by atoms with Gasteiger partial charge in [-0.1, -0.05) is 62.4 Å². The molecule has 1 heterocycles. The monoisotopic (exact) mass is 452 g/mol. The highest BCUT2D eigenvalue weighted by atomic mass is 16.5. The van der Waals surface area contributed by atoms with Crippen LogP contribution in [0.25, 0.3) is 11.1 Å². The van der Waals surface area contributed by atoms with Gasteiger partial charge >= 0.3 is 12.1 Å². The number of aliphatic carboxylic acids is 1. The maximum Gasteiger partial charge on any atom is 0.407 e. The van der Waals surface area contributed by atoms with Crippen molar-refractivity contribution in [2.45, 2.75) is 44.4 Å². The Labute approximate surface area is 192 Å². The van der Waals surface area contributed by atoms with Gasteiger partial charge < -0.3 is 25.2 Å². The number of carbonyl (C=O) groups excluding carboxylic acids is 2. The van der Waals surface area contributed by atoms with E-state index in [-0.39, 0.29) is 25.0 Å². The second-order valence-corrected chi connectivity index (χ2v) is 8.72. The van der Waals surface area contributed by atoms with Crippen LogP contribution in [0.1, 0.15) is 37.3 Å². The summed E-state index contributed by atoms with van der Waals surface area (Å²) in [5.74, 6) is -1.89. The number of carboxylic acid groups (broad SMARTS) is 1. The molecule has 0 aromatic heterocycles. The fraction of sp³-hybridized carbons (Fsp3) is 0.400. The first-order valence-electron chi connectivity index (χ1n) is 11.1. The van der Waals surface area contributed by atoms with Gasteiger partial charge in [0.05, 0.1) is 6.04 Å². The van der Waals surface area contributed by atoms with Crippen LogP contribution in [-0.4, -0.2) is 54.5 Å². The molecular formula is C25H28N2O6. The first-order valence-corrected chi connectivity index (χ1v) is 11.1. The lowest BCUT2D eigenvalue weighted by molar-refractivity contribution is -0.148. The molecule has 2 unspecified atom stereocenters. The van der Waals surface area contributed by atoms with Gasteiger partial charge in [0, 0.05) is 12.5 Å². The minimum absolute atomic E-state index is 0.0820. The Morgan fingerprint density at radius 3 is 2.24 bits per heavy atom. The average Bonchev–Trinajstić information content (AvgIpc) is 3.38. The topological polar surface area (TPSA) is 114 Å². The smallest absolute Gasteiger partial charge is 0.407 e. The summed E-state index contributed by atoms with van der Waals surface area (Å²) in [6.45, 7) is 4.00. The molecule has 1 aliphatic carbocycles. The second-order valence-electron chi connectivity index (χ2n) is 8.72. The summed E-state index contributed by atoms with van der Waals surface area (Å²) in [4.78, 5) is 36.7. The van der Waals surface area contributed by atoms with E-state index in [9.17, 15) is 19.5 Å². The molecule has 1 fully saturated rings. The van der Waals surface area contributed by atoms with E-state index in [0.29, 0.717) is 6.42 Å². The van der Waals surface area contributed by atoms with Crippen molar-refractivity contribution in [3.63, 3.8) is 0 Å². The largest absolute Gasteiger partial charge is 0.479 e. The molecule has 0 radical (unpaired) electrons. The number of ether oxygens (including phenoxy) is 2. The van der Waals surface area contributed by atoms with E-state index in [2.05, 4.69) is 22.8 Å². The molecule has 1 saturated heterocycles. The number of amides is 2. The van der Waals surface area contributed by atoms with Crippen LogP contribution in [0.3, 0.4) is 0 Å². The normalized spacial score (nSPS) is 20.1. The Balaban J connectivity index is 1.39. The van der Waals surface area contributed by atoms with Crippen molar-refractivity contribution in [1.82, 2.24) is 10.6 Å². The van der Waals surface area contributed by atoms with Gasteiger partial charge in [-0.05, 0) is 34.6 Å². The molecule has 8 nitrogen and oxygen atoms in total. The number of rotatable bonds is 7. The van der Waals surface area contributed by atoms with Gasteiger partial charge in [-0.2, -0.15) is 0 Å². The van der Waals surface area contributed by atoms with Crippen LogP contribution >= 0.6 is 0 Å². The van der Waals surface area contributed by atoms with Crippen LogP contribution in [0.4, 0.5) is 4.79 Å². The summed E-state index contributed by atoms with van der Waals surface area (Å²) < 4.78 is 10.7. The van der Waals surface area contributed by atoms with Gasteiger partial charge in [-0.25, -0.2) is 9.59 Å². The third-order valence-electron chi connectivity index (χ3n) is 6.23. The maximum absolute atomic E-state index is 12.8. The minimum Gasteiger partial charge on any atom is -0.479 e. The molecule has 1 aliphatic heterocycles. The second kappa shape index (κ2) is 9.62. The fourth-order valence-electron chi connectivity index (χ4n) is 4.56. The Bertz CT molecular complexity index is 1010. The zero-order valence-electron chi connectivity index (χ0n) is 18.6. The lowest BCUT2D eigenvalue weighted by atomic mass is 9.98. The summed E-state index contributed by atoms with van der Waals surface area (Å²) in [6, 6.07) is 14.6. The summed E-state index contributed by atoms with van der Waals surface area (Å²) in [7, 11) is 0. The zero-order valence-corrected chi connectivity index (χ0v) is 18.6.